The van der Waals surface area contributed by atoms with E-state index >= 15 is 0 Å². The highest BCUT2D eigenvalue weighted by molar-refractivity contribution is 8.00. The summed E-state index contributed by atoms with van der Waals surface area (Å²) in [6, 6.07) is 5.52. The number of amides is 1. The predicted molar refractivity (Wildman–Crippen MR) is 97.4 cm³/mol. The van der Waals surface area contributed by atoms with Crippen LogP contribution in [0.2, 0.25) is 0 Å². The van der Waals surface area contributed by atoms with Gasteiger partial charge in [-0.2, -0.15) is 10.5 Å². The molecule has 0 aromatic carbocycles. The van der Waals surface area contributed by atoms with Gasteiger partial charge in [-0.3, -0.25) is 4.79 Å². The first kappa shape index (κ1) is 21.5. The second-order valence-corrected chi connectivity index (χ2v) is 7.08. The number of hydrogen-bond acceptors (Lipinski definition) is 7. The van der Waals surface area contributed by atoms with Crippen LogP contribution in [-0.2, 0) is 9.53 Å². The first-order valence-corrected chi connectivity index (χ1v) is 9.11. The standard InChI is InChI=1S/C18H22N4O3S/c1-6-25-17(24)14-7-13(8-19)16(21-12(14)4)26-9-15(23)22-18(5,10-20)11(2)3/h7,11H,6,9H2,1-5H3,(H,22,23)/t18-/m1/s1. The second-order valence-electron chi connectivity index (χ2n) is 6.11. The van der Waals surface area contributed by atoms with Crippen LogP contribution in [0.25, 0.3) is 0 Å². The molecule has 1 aromatic rings. The van der Waals surface area contributed by atoms with Gasteiger partial charge in [0, 0.05) is 0 Å². The lowest BCUT2D eigenvalue weighted by molar-refractivity contribution is -0.120. The minimum atomic E-state index is -0.965. The van der Waals surface area contributed by atoms with E-state index in [2.05, 4.69) is 16.4 Å². The summed E-state index contributed by atoms with van der Waals surface area (Å²) >= 11 is 1.08. The van der Waals surface area contributed by atoms with Gasteiger partial charge in [0.25, 0.3) is 0 Å². The normalized spacial score (nSPS) is 12.6. The first-order chi connectivity index (χ1) is 12.2. The molecule has 1 heterocycles. The molecule has 0 fully saturated rings. The van der Waals surface area contributed by atoms with Gasteiger partial charge in [-0.05, 0) is 32.8 Å². The molecule has 1 rings (SSSR count). The molecule has 1 amide bonds. The maximum absolute atomic E-state index is 12.2. The average molecular weight is 374 g/mol. The van der Waals surface area contributed by atoms with E-state index in [1.807, 2.05) is 19.9 Å². The summed E-state index contributed by atoms with van der Waals surface area (Å²) < 4.78 is 4.95. The summed E-state index contributed by atoms with van der Waals surface area (Å²) in [6.45, 7) is 8.93. The zero-order valence-electron chi connectivity index (χ0n) is 15.5. The number of pyridine rings is 1. The fourth-order valence-electron chi connectivity index (χ4n) is 1.95. The highest BCUT2D eigenvalue weighted by Gasteiger charge is 2.30. The van der Waals surface area contributed by atoms with Gasteiger partial charge < -0.3 is 10.1 Å². The van der Waals surface area contributed by atoms with Crippen molar-refractivity contribution in [1.29, 1.82) is 10.5 Å². The molecule has 0 bridgehead atoms. The van der Waals surface area contributed by atoms with Gasteiger partial charge in [0.1, 0.15) is 16.6 Å². The van der Waals surface area contributed by atoms with Crippen molar-refractivity contribution in [2.75, 3.05) is 12.4 Å². The van der Waals surface area contributed by atoms with Crippen molar-refractivity contribution < 1.29 is 14.3 Å². The maximum atomic E-state index is 12.2. The number of ether oxygens (including phenoxy) is 1. The molecule has 0 aliphatic heterocycles. The molecule has 7 nitrogen and oxygen atoms in total. The molecule has 1 N–H and O–H groups in total. The average Bonchev–Trinajstić information content (AvgIpc) is 2.59. The van der Waals surface area contributed by atoms with Crippen molar-refractivity contribution in [3.8, 4) is 12.1 Å². The van der Waals surface area contributed by atoms with Crippen LogP contribution < -0.4 is 5.32 Å². The van der Waals surface area contributed by atoms with E-state index < -0.39 is 11.5 Å². The summed E-state index contributed by atoms with van der Waals surface area (Å²) in [7, 11) is 0. The topological polar surface area (TPSA) is 116 Å². The van der Waals surface area contributed by atoms with Crippen LogP contribution in [0.1, 0.15) is 49.3 Å². The van der Waals surface area contributed by atoms with E-state index in [1.165, 1.54) is 6.07 Å². The number of hydrogen-bond donors (Lipinski definition) is 1. The van der Waals surface area contributed by atoms with E-state index in [4.69, 9.17) is 4.74 Å². The smallest absolute Gasteiger partial charge is 0.340 e. The number of rotatable bonds is 7. The minimum Gasteiger partial charge on any atom is -0.462 e. The Morgan fingerprint density at radius 1 is 1.42 bits per heavy atom. The van der Waals surface area contributed by atoms with E-state index in [0.29, 0.717) is 10.7 Å². The van der Waals surface area contributed by atoms with Crippen LogP contribution in [0.15, 0.2) is 11.1 Å². The van der Waals surface area contributed by atoms with Crippen molar-refractivity contribution in [2.24, 2.45) is 5.92 Å². The van der Waals surface area contributed by atoms with Crippen molar-refractivity contribution in [3.05, 3.63) is 22.9 Å². The Kier molecular flexibility index (Phi) is 7.60. The van der Waals surface area contributed by atoms with Crippen molar-refractivity contribution in [1.82, 2.24) is 10.3 Å². The summed E-state index contributed by atoms with van der Waals surface area (Å²) in [5, 5.41) is 21.6. The van der Waals surface area contributed by atoms with E-state index in [-0.39, 0.29) is 35.3 Å². The monoisotopic (exact) mass is 374 g/mol. The summed E-state index contributed by atoms with van der Waals surface area (Å²) in [5.41, 5.74) is -0.112. The van der Waals surface area contributed by atoms with Crippen molar-refractivity contribution in [3.63, 3.8) is 0 Å². The Morgan fingerprint density at radius 3 is 2.58 bits per heavy atom. The van der Waals surface area contributed by atoms with Gasteiger partial charge >= 0.3 is 5.97 Å². The number of aryl methyl sites for hydroxylation is 1. The van der Waals surface area contributed by atoms with Gasteiger partial charge in [-0.1, -0.05) is 25.6 Å². The molecule has 0 radical (unpaired) electrons. The van der Waals surface area contributed by atoms with Gasteiger partial charge in [-0.25, -0.2) is 9.78 Å². The van der Waals surface area contributed by atoms with E-state index in [1.54, 1.807) is 20.8 Å². The fraction of sp³-hybridized carbons (Fsp3) is 0.500. The third-order valence-corrected chi connectivity index (χ3v) is 4.91. The number of nitriles is 2. The number of aromatic nitrogens is 1. The van der Waals surface area contributed by atoms with Crippen LogP contribution in [0.4, 0.5) is 0 Å². The molecule has 0 aliphatic carbocycles. The molecule has 0 unspecified atom stereocenters. The second kappa shape index (κ2) is 9.21. The van der Waals surface area contributed by atoms with Crippen molar-refractivity contribution in [2.45, 2.75) is 45.2 Å². The van der Waals surface area contributed by atoms with Crippen LogP contribution in [0, 0.1) is 35.5 Å². The predicted octanol–water partition coefficient (Wildman–Crippen LogP) is 2.58. The molecule has 26 heavy (non-hydrogen) atoms. The quantitative estimate of drug-likeness (QED) is 0.576. The SMILES string of the molecule is CCOC(=O)c1cc(C#N)c(SCC(=O)N[C@](C)(C#N)C(C)C)nc1C. The molecule has 8 heteroatoms. The minimum absolute atomic E-state index is 0.00383. The molecule has 138 valence electrons. The van der Waals surface area contributed by atoms with E-state index in [9.17, 15) is 20.1 Å². The zero-order valence-corrected chi connectivity index (χ0v) is 16.4. The van der Waals surface area contributed by atoms with Crippen LogP contribution >= 0.6 is 11.8 Å². The number of thioether (sulfide) groups is 1. The largest absolute Gasteiger partial charge is 0.462 e. The molecule has 0 saturated carbocycles. The summed E-state index contributed by atoms with van der Waals surface area (Å²) in [6.07, 6.45) is 0. The highest BCUT2D eigenvalue weighted by Crippen LogP contribution is 2.24. The lowest BCUT2D eigenvalue weighted by Gasteiger charge is -2.27. The first-order valence-electron chi connectivity index (χ1n) is 8.12. The Balaban J connectivity index is 2.93. The lowest BCUT2D eigenvalue weighted by Crippen LogP contribution is -2.49. The number of nitrogens with zero attached hydrogens (tertiary/aromatic N) is 3. The van der Waals surface area contributed by atoms with Gasteiger partial charge in [0.05, 0.1) is 35.2 Å². The Labute approximate surface area is 157 Å². The lowest BCUT2D eigenvalue weighted by atomic mass is 9.90. The van der Waals surface area contributed by atoms with E-state index in [0.717, 1.165) is 11.8 Å². The molecular weight excluding hydrogens is 352 g/mol. The van der Waals surface area contributed by atoms with Gasteiger partial charge in [0.2, 0.25) is 5.91 Å². The molecular formula is C18H22N4O3S. The third kappa shape index (κ3) is 5.21. The van der Waals surface area contributed by atoms with Crippen LogP contribution in [-0.4, -0.2) is 34.8 Å². The molecule has 0 spiro atoms. The zero-order chi connectivity index (χ0) is 19.9. The Morgan fingerprint density at radius 2 is 2.08 bits per heavy atom. The number of esters is 1. The number of nitrogens with one attached hydrogen (secondary N) is 1. The number of carbonyl (C=O) groups is 2. The Hall–Kier alpha value is -2.58. The molecule has 1 atom stereocenters. The van der Waals surface area contributed by atoms with Gasteiger partial charge in [-0.15, -0.1) is 0 Å². The maximum Gasteiger partial charge on any atom is 0.340 e. The van der Waals surface area contributed by atoms with Crippen LogP contribution in [0.3, 0.4) is 0 Å². The third-order valence-electron chi connectivity index (χ3n) is 3.92. The molecule has 0 saturated heterocycles. The Bertz CT molecular complexity index is 780. The summed E-state index contributed by atoms with van der Waals surface area (Å²) in [5.74, 6) is -0.917. The highest BCUT2D eigenvalue weighted by atomic mass is 32.2. The number of carbonyl (C=O) groups excluding carboxylic acids is 2. The molecule has 0 aliphatic rings. The fourth-order valence-corrected chi connectivity index (χ4v) is 2.75. The van der Waals surface area contributed by atoms with Gasteiger partial charge in [0.15, 0.2) is 0 Å². The van der Waals surface area contributed by atoms with Crippen molar-refractivity contribution >= 4 is 23.6 Å². The van der Waals surface area contributed by atoms with Crippen LogP contribution in [0.5, 0.6) is 0 Å². The molecule has 1 aromatic heterocycles. The summed E-state index contributed by atoms with van der Waals surface area (Å²) in [4.78, 5) is 28.3.